The Bertz CT molecular complexity index is 917. The van der Waals surface area contributed by atoms with Crippen LogP contribution in [0.5, 0.6) is 0 Å². The number of hydrogen-bond acceptors (Lipinski definition) is 5. The fraction of sp³-hybridized carbons (Fsp3) is 0.400. The van der Waals surface area contributed by atoms with E-state index in [1.54, 1.807) is 0 Å². The van der Waals surface area contributed by atoms with Crippen LogP contribution in [0.25, 0.3) is 16.6 Å². The second kappa shape index (κ2) is 7.74. The first-order chi connectivity index (χ1) is 12.5. The highest BCUT2D eigenvalue weighted by molar-refractivity contribution is 5.95. The van der Waals surface area contributed by atoms with Gasteiger partial charge >= 0.3 is 5.97 Å². The van der Waals surface area contributed by atoms with Gasteiger partial charge in [0, 0.05) is 19.8 Å². The summed E-state index contributed by atoms with van der Waals surface area (Å²) in [5, 5.41) is 0. The molecule has 0 saturated heterocycles. The Morgan fingerprint density at radius 3 is 2.65 bits per heavy atom. The summed E-state index contributed by atoms with van der Waals surface area (Å²) in [5.41, 5.74) is 3.34. The van der Waals surface area contributed by atoms with Crippen LogP contribution in [0.2, 0.25) is 0 Å². The molecule has 0 fully saturated rings. The normalized spacial score (nSPS) is 11.4. The summed E-state index contributed by atoms with van der Waals surface area (Å²) >= 11 is 0. The molecular formula is C20H26N4O2. The maximum atomic E-state index is 12.2. The highest BCUT2D eigenvalue weighted by atomic mass is 16.5. The zero-order chi connectivity index (χ0) is 18.7. The molecule has 6 heteroatoms. The van der Waals surface area contributed by atoms with Gasteiger partial charge in [0.15, 0.2) is 5.82 Å². The highest BCUT2D eigenvalue weighted by Crippen LogP contribution is 2.26. The van der Waals surface area contributed by atoms with Gasteiger partial charge in [-0.2, -0.15) is 0 Å². The Balaban J connectivity index is 2.06. The molecule has 0 amide bonds. The summed E-state index contributed by atoms with van der Waals surface area (Å²) in [6.07, 6.45) is 2.88. The quantitative estimate of drug-likeness (QED) is 0.611. The van der Waals surface area contributed by atoms with E-state index in [0.29, 0.717) is 12.2 Å². The number of carbonyl (C=O) groups excluding carboxylic acids is 1. The summed E-state index contributed by atoms with van der Waals surface area (Å²) in [4.78, 5) is 21.4. The topological polar surface area (TPSA) is 50.1 Å². The van der Waals surface area contributed by atoms with Crippen molar-refractivity contribution in [1.82, 2.24) is 14.3 Å². The molecule has 2 aromatic heterocycles. The predicted octanol–water partition coefficient (Wildman–Crippen LogP) is 3.05. The molecule has 138 valence electrons. The van der Waals surface area contributed by atoms with Crippen LogP contribution in [0.1, 0.15) is 23.7 Å². The maximum Gasteiger partial charge on any atom is 0.339 e. The minimum atomic E-state index is -0.304. The number of carbonyl (C=O) groups is 1. The number of benzene rings is 1. The van der Waals surface area contributed by atoms with Gasteiger partial charge in [-0.1, -0.05) is 12.1 Å². The lowest BCUT2D eigenvalue weighted by Gasteiger charge is -2.21. The molecule has 1 aromatic carbocycles. The molecule has 0 spiro atoms. The first-order valence-corrected chi connectivity index (χ1v) is 8.95. The third kappa shape index (κ3) is 3.65. The smallest absolute Gasteiger partial charge is 0.339 e. The summed E-state index contributed by atoms with van der Waals surface area (Å²) in [6.45, 7) is 4.08. The summed E-state index contributed by atoms with van der Waals surface area (Å²) in [7, 11) is 6.19. The Hall–Kier alpha value is -2.60. The number of ether oxygens (including phenoxy) is 1. The number of esters is 1. The van der Waals surface area contributed by atoms with E-state index in [0.717, 1.165) is 41.9 Å². The van der Waals surface area contributed by atoms with Crippen molar-refractivity contribution >= 4 is 28.3 Å². The number of para-hydroxylation sites is 2. The van der Waals surface area contributed by atoms with Crippen LogP contribution in [0.15, 0.2) is 36.5 Å². The Morgan fingerprint density at radius 2 is 1.92 bits per heavy atom. The van der Waals surface area contributed by atoms with Gasteiger partial charge < -0.3 is 18.9 Å². The van der Waals surface area contributed by atoms with Crippen LogP contribution in [0.4, 0.5) is 5.82 Å². The van der Waals surface area contributed by atoms with E-state index in [1.807, 2.05) is 54.9 Å². The van der Waals surface area contributed by atoms with Crippen molar-refractivity contribution in [3.8, 4) is 0 Å². The highest BCUT2D eigenvalue weighted by Gasteiger charge is 2.17. The van der Waals surface area contributed by atoms with Crippen molar-refractivity contribution in [3.63, 3.8) is 0 Å². The van der Waals surface area contributed by atoms with Gasteiger partial charge in [0.2, 0.25) is 0 Å². The molecule has 0 radical (unpaired) electrons. The molecule has 0 saturated carbocycles. The van der Waals surface area contributed by atoms with Crippen LogP contribution in [0.3, 0.4) is 0 Å². The lowest BCUT2D eigenvalue weighted by Crippen LogP contribution is -2.24. The number of aromatic nitrogens is 2. The maximum absolute atomic E-state index is 12.2. The molecule has 0 bridgehead atoms. The van der Waals surface area contributed by atoms with Crippen molar-refractivity contribution in [2.45, 2.75) is 13.3 Å². The molecule has 0 aliphatic rings. The van der Waals surface area contributed by atoms with E-state index < -0.39 is 0 Å². The van der Waals surface area contributed by atoms with Crippen LogP contribution < -0.4 is 4.90 Å². The number of nitrogens with zero attached hydrogens (tertiary/aromatic N) is 4. The van der Waals surface area contributed by atoms with Gasteiger partial charge in [0.1, 0.15) is 0 Å². The molecule has 3 rings (SSSR count). The van der Waals surface area contributed by atoms with Crippen molar-refractivity contribution < 1.29 is 9.53 Å². The van der Waals surface area contributed by atoms with Gasteiger partial charge in [0.25, 0.3) is 0 Å². The van der Waals surface area contributed by atoms with E-state index in [1.165, 1.54) is 0 Å². The average Bonchev–Trinajstić information content (AvgIpc) is 3.06. The summed E-state index contributed by atoms with van der Waals surface area (Å²) in [5.74, 6) is 0.569. The van der Waals surface area contributed by atoms with E-state index in [4.69, 9.17) is 9.72 Å². The molecule has 3 aromatic rings. The number of fused-ring (bicyclic) bond motifs is 3. The zero-order valence-corrected chi connectivity index (χ0v) is 15.9. The number of anilines is 1. The number of hydrogen-bond donors (Lipinski definition) is 0. The van der Waals surface area contributed by atoms with Gasteiger partial charge in [-0.15, -0.1) is 0 Å². The third-order valence-corrected chi connectivity index (χ3v) is 4.39. The molecule has 0 atom stereocenters. The van der Waals surface area contributed by atoms with Gasteiger partial charge in [-0.3, -0.25) is 0 Å². The van der Waals surface area contributed by atoms with Crippen molar-refractivity contribution in [2.75, 3.05) is 45.7 Å². The van der Waals surface area contributed by atoms with Crippen LogP contribution in [-0.4, -0.2) is 61.1 Å². The molecule has 0 unspecified atom stereocenters. The Labute approximate surface area is 154 Å². The lowest BCUT2D eigenvalue weighted by atomic mass is 10.2. The van der Waals surface area contributed by atoms with Crippen molar-refractivity contribution in [1.29, 1.82) is 0 Å². The lowest BCUT2D eigenvalue weighted by molar-refractivity contribution is 0.0526. The Kier molecular flexibility index (Phi) is 5.42. The molecule has 0 aliphatic carbocycles. The van der Waals surface area contributed by atoms with Crippen LogP contribution >= 0.6 is 0 Å². The first kappa shape index (κ1) is 18.2. The fourth-order valence-electron chi connectivity index (χ4n) is 3.11. The molecule has 0 N–H and O–H groups in total. The third-order valence-electron chi connectivity index (χ3n) is 4.39. The molecule has 2 heterocycles. The van der Waals surface area contributed by atoms with Crippen molar-refractivity contribution in [2.24, 2.45) is 0 Å². The van der Waals surface area contributed by atoms with E-state index in [2.05, 4.69) is 23.9 Å². The SMILES string of the molecule is CCOC(=O)c1cc2c(N(C)CCCN(C)C)nc3ccccc3n2c1. The van der Waals surface area contributed by atoms with E-state index >= 15 is 0 Å². The van der Waals surface area contributed by atoms with Gasteiger partial charge in [0.05, 0.1) is 28.7 Å². The number of rotatable bonds is 7. The van der Waals surface area contributed by atoms with Crippen LogP contribution in [-0.2, 0) is 4.74 Å². The summed E-state index contributed by atoms with van der Waals surface area (Å²) in [6, 6.07) is 9.84. The minimum Gasteiger partial charge on any atom is -0.462 e. The van der Waals surface area contributed by atoms with E-state index in [9.17, 15) is 4.79 Å². The van der Waals surface area contributed by atoms with Crippen LogP contribution in [0, 0.1) is 0 Å². The largest absolute Gasteiger partial charge is 0.462 e. The second-order valence-corrected chi connectivity index (χ2v) is 6.71. The summed E-state index contributed by atoms with van der Waals surface area (Å²) < 4.78 is 7.20. The molecular weight excluding hydrogens is 328 g/mol. The fourth-order valence-corrected chi connectivity index (χ4v) is 3.11. The zero-order valence-electron chi connectivity index (χ0n) is 15.9. The monoisotopic (exact) mass is 354 g/mol. The average molecular weight is 354 g/mol. The predicted molar refractivity (Wildman–Crippen MR) is 105 cm³/mol. The second-order valence-electron chi connectivity index (χ2n) is 6.71. The molecule has 0 aliphatic heterocycles. The van der Waals surface area contributed by atoms with Gasteiger partial charge in [-0.05, 0) is 52.2 Å². The minimum absolute atomic E-state index is 0.304. The first-order valence-electron chi connectivity index (χ1n) is 8.95. The molecule has 26 heavy (non-hydrogen) atoms. The standard InChI is InChI=1S/C20H26N4O2/c1-5-26-20(25)15-13-18-19(23(4)12-8-11-22(2)3)21-16-9-6-7-10-17(16)24(18)14-15/h6-7,9-10,13-14H,5,8,11-12H2,1-4H3. The van der Waals surface area contributed by atoms with Gasteiger partial charge in [-0.25, -0.2) is 9.78 Å². The molecule has 6 nitrogen and oxygen atoms in total. The van der Waals surface area contributed by atoms with Crippen molar-refractivity contribution in [3.05, 3.63) is 42.1 Å². The van der Waals surface area contributed by atoms with E-state index in [-0.39, 0.29) is 5.97 Å². The Morgan fingerprint density at radius 1 is 1.15 bits per heavy atom.